The van der Waals surface area contributed by atoms with E-state index in [2.05, 4.69) is 45.4 Å². The summed E-state index contributed by atoms with van der Waals surface area (Å²) < 4.78 is 0. The van der Waals surface area contributed by atoms with Crippen LogP contribution in [0, 0.1) is 0 Å². The topological polar surface area (TPSA) is 65.5 Å². The maximum Gasteiger partial charge on any atom is 0.221 e. The predicted molar refractivity (Wildman–Crippen MR) is 113 cm³/mol. The van der Waals surface area contributed by atoms with Gasteiger partial charge in [-0.2, -0.15) is 0 Å². The molecule has 1 amide bonds. The predicted octanol–water partition coefficient (Wildman–Crippen LogP) is 3.08. The van der Waals surface area contributed by atoms with Gasteiger partial charge in [0.2, 0.25) is 5.91 Å². The van der Waals surface area contributed by atoms with Gasteiger partial charge < -0.3 is 16.0 Å². The van der Waals surface area contributed by atoms with Crippen LogP contribution in [0.3, 0.4) is 0 Å². The fourth-order valence-electron chi connectivity index (χ4n) is 2.81. The van der Waals surface area contributed by atoms with Crippen molar-refractivity contribution in [3.05, 3.63) is 22.4 Å². The van der Waals surface area contributed by atoms with Crippen LogP contribution in [0.1, 0.15) is 49.8 Å². The molecule has 1 aliphatic rings. The van der Waals surface area contributed by atoms with Crippen molar-refractivity contribution in [2.24, 2.45) is 4.99 Å². The minimum atomic E-state index is 0. The average molecular weight is 464 g/mol. The van der Waals surface area contributed by atoms with E-state index in [-0.39, 0.29) is 29.9 Å². The van der Waals surface area contributed by atoms with Gasteiger partial charge >= 0.3 is 0 Å². The van der Waals surface area contributed by atoms with E-state index in [9.17, 15) is 4.79 Å². The standard InChI is InChI=1S/C17H28N4OS.HI/c1-13(15-8-5-11-23-15)12-20-17(18-2)19-10-9-16(22)21-14-6-3-4-7-14;/h5,8,11,13-14H,3-4,6-7,9-10,12H2,1-2H3,(H,21,22)(H2,18,19,20);1H. The molecule has 0 bridgehead atoms. The highest BCUT2D eigenvalue weighted by Crippen LogP contribution is 2.19. The third-order valence-electron chi connectivity index (χ3n) is 4.19. The zero-order valence-electron chi connectivity index (χ0n) is 14.5. The van der Waals surface area contributed by atoms with Crippen LogP contribution in [-0.2, 0) is 4.79 Å². The van der Waals surface area contributed by atoms with Gasteiger partial charge in [-0.25, -0.2) is 0 Å². The van der Waals surface area contributed by atoms with E-state index in [4.69, 9.17) is 0 Å². The number of aliphatic imine (C=N–C) groups is 1. The van der Waals surface area contributed by atoms with Crippen molar-refractivity contribution in [1.82, 2.24) is 16.0 Å². The van der Waals surface area contributed by atoms with Gasteiger partial charge in [-0.15, -0.1) is 35.3 Å². The van der Waals surface area contributed by atoms with Crippen molar-refractivity contribution in [2.75, 3.05) is 20.1 Å². The second kappa shape index (κ2) is 11.7. The maximum absolute atomic E-state index is 11.9. The molecule has 0 aromatic carbocycles. The lowest BCUT2D eigenvalue weighted by atomic mass is 10.1. The first-order valence-corrected chi connectivity index (χ1v) is 9.34. The molecule has 1 unspecified atom stereocenters. The number of rotatable bonds is 7. The molecule has 1 heterocycles. The van der Waals surface area contributed by atoms with Crippen molar-refractivity contribution >= 4 is 47.2 Å². The van der Waals surface area contributed by atoms with Crippen LogP contribution in [0.15, 0.2) is 22.5 Å². The van der Waals surface area contributed by atoms with Gasteiger partial charge in [-0.05, 0) is 24.3 Å². The van der Waals surface area contributed by atoms with E-state index < -0.39 is 0 Å². The highest BCUT2D eigenvalue weighted by molar-refractivity contribution is 14.0. The molecule has 0 radical (unpaired) electrons. The van der Waals surface area contributed by atoms with Crippen molar-refractivity contribution in [2.45, 2.75) is 51.0 Å². The number of carbonyl (C=O) groups is 1. The number of halogens is 1. The number of hydrogen-bond acceptors (Lipinski definition) is 3. The van der Waals surface area contributed by atoms with Gasteiger partial charge in [0.15, 0.2) is 5.96 Å². The number of amides is 1. The molecule has 0 aliphatic heterocycles. The Hall–Kier alpha value is -0.830. The molecule has 1 aromatic rings. The summed E-state index contributed by atoms with van der Waals surface area (Å²) in [6.07, 6.45) is 5.22. The van der Waals surface area contributed by atoms with Gasteiger partial charge in [0.25, 0.3) is 0 Å². The van der Waals surface area contributed by atoms with Crippen LogP contribution in [0.5, 0.6) is 0 Å². The molecule has 1 fully saturated rings. The summed E-state index contributed by atoms with van der Waals surface area (Å²) in [4.78, 5) is 17.5. The molecule has 24 heavy (non-hydrogen) atoms. The van der Waals surface area contributed by atoms with Crippen LogP contribution in [-0.4, -0.2) is 38.0 Å². The Bertz CT molecular complexity index is 501. The Morgan fingerprint density at radius 2 is 2.12 bits per heavy atom. The first-order chi connectivity index (χ1) is 11.2. The molecule has 1 aromatic heterocycles. The van der Waals surface area contributed by atoms with E-state index >= 15 is 0 Å². The molecular weight excluding hydrogens is 435 g/mol. The molecule has 0 saturated heterocycles. The maximum atomic E-state index is 11.9. The van der Waals surface area contributed by atoms with Gasteiger partial charge in [-0.1, -0.05) is 25.8 Å². The molecule has 3 N–H and O–H groups in total. The molecule has 0 spiro atoms. The highest BCUT2D eigenvalue weighted by Gasteiger charge is 2.16. The summed E-state index contributed by atoms with van der Waals surface area (Å²) in [7, 11) is 1.75. The fourth-order valence-corrected chi connectivity index (χ4v) is 3.59. The number of guanidine groups is 1. The van der Waals surface area contributed by atoms with Gasteiger partial charge in [0.05, 0.1) is 0 Å². The molecule has 136 valence electrons. The largest absolute Gasteiger partial charge is 0.356 e. The van der Waals surface area contributed by atoms with Crippen molar-refractivity contribution < 1.29 is 4.79 Å². The molecule has 1 aliphatic carbocycles. The second-order valence-corrected chi connectivity index (χ2v) is 7.07. The Morgan fingerprint density at radius 3 is 2.75 bits per heavy atom. The van der Waals surface area contributed by atoms with Crippen LogP contribution in [0.2, 0.25) is 0 Å². The van der Waals surface area contributed by atoms with Gasteiger partial charge in [0, 0.05) is 43.4 Å². The quantitative estimate of drug-likeness (QED) is 0.330. The molecule has 7 heteroatoms. The average Bonchev–Trinajstić information content (AvgIpc) is 3.23. The molecule has 5 nitrogen and oxygen atoms in total. The van der Waals surface area contributed by atoms with Gasteiger partial charge in [-0.3, -0.25) is 9.79 Å². The molecular formula is C17H29IN4OS. The summed E-state index contributed by atoms with van der Waals surface area (Å²) in [6, 6.07) is 4.62. The number of hydrogen-bond donors (Lipinski definition) is 3. The summed E-state index contributed by atoms with van der Waals surface area (Å²) in [5, 5.41) is 11.7. The summed E-state index contributed by atoms with van der Waals surface area (Å²) in [5.41, 5.74) is 0. The lowest BCUT2D eigenvalue weighted by molar-refractivity contribution is -0.121. The van der Waals surface area contributed by atoms with Crippen LogP contribution in [0.25, 0.3) is 0 Å². The van der Waals surface area contributed by atoms with Gasteiger partial charge in [0.1, 0.15) is 0 Å². The third kappa shape index (κ3) is 7.38. The van der Waals surface area contributed by atoms with E-state index in [1.54, 1.807) is 18.4 Å². The second-order valence-electron chi connectivity index (χ2n) is 6.10. The summed E-state index contributed by atoms with van der Waals surface area (Å²) in [6.45, 7) is 3.63. The summed E-state index contributed by atoms with van der Waals surface area (Å²) >= 11 is 1.77. The number of thiophene rings is 1. The normalized spacial score (nSPS) is 16.3. The van der Waals surface area contributed by atoms with E-state index in [0.29, 0.717) is 24.9 Å². The van der Waals surface area contributed by atoms with Crippen molar-refractivity contribution in [3.8, 4) is 0 Å². The molecule has 1 saturated carbocycles. The van der Waals surface area contributed by atoms with E-state index in [1.165, 1.54) is 17.7 Å². The lowest BCUT2D eigenvalue weighted by Crippen LogP contribution is -2.41. The van der Waals surface area contributed by atoms with Crippen LogP contribution < -0.4 is 16.0 Å². The number of carbonyl (C=O) groups excluding carboxylic acids is 1. The Kier molecular flexibility index (Phi) is 10.3. The highest BCUT2D eigenvalue weighted by atomic mass is 127. The Morgan fingerprint density at radius 1 is 1.38 bits per heavy atom. The first kappa shape index (κ1) is 21.2. The lowest BCUT2D eigenvalue weighted by Gasteiger charge is -2.16. The number of nitrogens with zero attached hydrogens (tertiary/aromatic N) is 1. The van der Waals surface area contributed by atoms with Crippen molar-refractivity contribution in [1.29, 1.82) is 0 Å². The third-order valence-corrected chi connectivity index (χ3v) is 5.30. The number of nitrogens with one attached hydrogen (secondary N) is 3. The van der Waals surface area contributed by atoms with Crippen LogP contribution in [0.4, 0.5) is 0 Å². The Balaban J connectivity index is 0.00000288. The Labute approximate surface area is 166 Å². The minimum absolute atomic E-state index is 0. The zero-order chi connectivity index (χ0) is 16.5. The van der Waals surface area contributed by atoms with Crippen LogP contribution >= 0.6 is 35.3 Å². The first-order valence-electron chi connectivity index (χ1n) is 8.46. The minimum Gasteiger partial charge on any atom is -0.356 e. The molecule has 2 rings (SSSR count). The smallest absolute Gasteiger partial charge is 0.221 e. The van der Waals surface area contributed by atoms with Crippen molar-refractivity contribution in [3.63, 3.8) is 0 Å². The summed E-state index contributed by atoms with van der Waals surface area (Å²) in [5.74, 6) is 1.33. The zero-order valence-corrected chi connectivity index (χ0v) is 17.7. The molecule has 1 atom stereocenters. The van der Waals surface area contributed by atoms with E-state index in [1.807, 2.05) is 0 Å². The van der Waals surface area contributed by atoms with E-state index in [0.717, 1.165) is 25.3 Å². The monoisotopic (exact) mass is 464 g/mol. The fraction of sp³-hybridized carbons (Fsp3) is 0.647. The SMILES string of the molecule is CN=C(NCCC(=O)NC1CCCC1)NCC(C)c1cccs1.I.